The molecule has 0 aliphatic heterocycles. The van der Waals surface area contributed by atoms with Crippen LogP contribution in [0.2, 0.25) is 0 Å². The lowest BCUT2D eigenvalue weighted by atomic mass is 9.82. The van der Waals surface area contributed by atoms with E-state index in [9.17, 15) is 13.2 Å². The van der Waals surface area contributed by atoms with E-state index in [0.29, 0.717) is 11.4 Å². The fourth-order valence-electron chi connectivity index (χ4n) is 2.65. The van der Waals surface area contributed by atoms with E-state index in [2.05, 4.69) is 30.8 Å². The van der Waals surface area contributed by atoms with Crippen LogP contribution in [0.15, 0.2) is 53.4 Å². The molecule has 0 saturated carbocycles. The monoisotopic (exact) mass is 418 g/mol. The molecular weight excluding hydrogens is 388 g/mol. The van der Waals surface area contributed by atoms with Crippen molar-refractivity contribution in [2.45, 2.75) is 57.4 Å². The molecule has 0 radical (unpaired) electrons. The van der Waals surface area contributed by atoms with Crippen molar-refractivity contribution in [2.75, 3.05) is 11.9 Å². The van der Waals surface area contributed by atoms with Gasteiger partial charge in [-0.2, -0.15) is 0 Å². The fourth-order valence-corrected chi connectivity index (χ4v) is 3.90. The molecule has 1 amide bonds. The van der Waals surface area contributed by atoms with Crippen LogP contribution in [0.25, 0.3) is 0 Å². The normalized spacial score (nSPS) is 12.1. The molecule has 0 aromatic heterocycles. The Morgan fingerprint density at radius 1 is 1.03 bits per heavy atom. The van der Waals surface area contributed by atoms with E-state index in [1.54, 1.807) is 26.0 Å². The summed E-state index contributed by atoms with van der Waals surface area (Å²) < 4.78 is 32.3. The predicted molar refractivity (Wildman–Crippen MR) is 116 cm³/mol. The Labute approximate surface area is 173 Å². The quantitative estimate of drug-likeness (QED) is 0.643. The van der Waals surface area contributed by atoms with E-state index in [1.165, 1.54) is 17.7 Å². The highest BCUT2D eigenvalue weighted by Gasteiger charge is 2.18. The highest BCUT2D eigenvalue weighted by atomic mass is 32.2. The molecule has 0 fully saturated rings. The van der Waals surface area contributed by atoms with Gasteiger partial charge in [0.05, 0.1) is 4.90 Å². The zero-order chi connectivity index (χ0) is 21.7. The van der Waals surface area contributed by atoms with Gasteiger partial charge in [0.1, 0.15) is 5.75 Å². The van der Waals surface area contributed by atoms with Crippen LogP contribution >= 0.6 is 0 Å². The van der Waals surface area contributed by atoms with Crippen LogP contribution in [0.1, 0.15) is 46.6 Å². The SMILES string of the molecule is CCC(C)(C)c1ccc(OCC(=O)Nc2ccc(S(=O)(=O)NC(C)C)cc2)cc1. The lowest BCUT2D eigenvalue weighted by molar-refractivity contribution is -0.118. The molecule has 0 bridgehead atoms. The minimum atomic E-state index is -3.55. The van der Waals surface area contributed by atoms with Crippen LogP contribution < -0.4 is 14.8 Å². The number of nitrogens with one attached hydrogen (secondary N) is 2. The fraction of sp³-hybridized carbons (Fsp3) is 0.409. The van der Waals surface area contributed by atoms with E-state index >= 15 is 0 Å². The molecule has 7 heteroatoms. The number of hydrogen-bond acceptors (Lipinski definition) is 4. The average Bonchev–Trinajstić information content (AvgIpc) is 2.66. The first-order valence-corrected chi connectivity index (χ1v) is 11.2. The molecule has 6 nitrogen and oxygen atoms in total. The Bertz CT molecular complexity index is 918. The van der Waals surface area contributed by atoms with Gasteiger partial charge in [-0.1, -0.05) is 32.9 Å². The summed E-state index contributed by atoms with van der Waals surface area (Å²) in [6, 6.07) is 13.6. The lowest BCUT2D eigenvalue weighted by Gasteiger charge is -2.23. The lowest BCUT2D eigenvalue weighted by Crippen LogP contribution is -2.30. The van der Waals surface area contributed by atoms with Gasteiger partial charge in [-0.15, -0.1) is 0 Å². The number of carbonyl (C=O) groups is 1. The molecule has 2 rings (SSSR count). The number of amides is 1. The van der Waals surface area contributed by atoms with Gasteiger partial charge in [0.25, 0.3) is 5.91 Å². The second kappa shape index (κ2) is 9.41. The first-order valence-electron chi connectivity index (χ1n) is 9.69. The third-order valence-corrected chi connectivity index (χ3v) is 6.40. The van der Waals surface area contributed by atoms with Crippen molar-refractivity contribution in [2.24, 2.45) is 0 Å². The van der Waals surface area contributed by atoms with Gasteiger partial charge in [-0.05, 0) is 67.6 Å². The number of anilines is 1. The van der Waals surface area contributed by atoms with Crippen molar-refractivity contribution in [3.63, 3.8) is 0 Å². The van der Waals surface area contributed by atoms with Gasteiger partial charge in [0.2, 0.25) is 10.0 Å². The Balaban J connectivity index is 1.91. The summed E-state index contributed by atoms with van der Waals surface area (Å²) in [5.41, 5.74) is 1.82. The Morgan fingerprint density at radius 3 is 2.14 bits per heavy atom. The maximum absolute atomic E-state index is 12.1. The molecule has 0 aliphatic carbocycles. The highest BCUT2D eigenvalue weighted by Crippen LogP contribution is 2.28. The highest BCUT2D eigenvalue weighted by molar-refractivity contribution is 7.89. The van der Waals surface area contributed by atoms with Crippen molar-refractivity contribution in [3.05, 3.63) is 54.1 Å². The van der Waals surface area contributed by atoms with Gasteiger partial charge in [-0.3, -0.25) is 4.79 Å². The van der Waals surface area contributed by atoms with E-state index in [4.69, 9.17) is 4.74 Å². The van der Waals surface area contributed by atoms with Gasteiger partial charge in [0.15, 0.2) is 6.61 Å². The van der Waals surface area contributed by atoms with Crippen LogP contribution in [-0.2, 0) is 20.2 Å². The number of carbonyl (C=O) groups excluding carboxylic acids is 1. The number of sulfonamides is 1. The van der Waals surface area contributed by atoms with E-state index < -0.39 is 10.0 Å². The van der Waals surface area contributed by atoms with Crippen molar-refractivity contribution in [3.8, 4) is 5.75 Å². The van der Waals surface area contributed by atoms with Crippen molar-refractivity contribution < 1.29 is 17.9 Å². The molecule has 0 saturated heterocycles. The molecule has 2 aromatic carbocycles. The molecule has 158 valence electrons. The molecule has 0 heterocycles. The van der Waals surface area contributed by atoms with Gasteiger partial charge >= 0.3 is 0 Å². The summed E-state index contributed by atoms with van der Waals surface area (Å²) in [4.78, 5) is 12.3. The van der Waals surface area contributed by atoms with Gasteiger partial charge in [-0.25, -0.2) is 13.1 Å². The van der Waals surface area contributed by atoms with Crippen molar-refractivity contribution in [1.29, 1.82) is 0 Å². The summed E-state index contributed by atoms with van der Waals surface area (Å²) in [5, 5.41) is 2.70. The summed E-state index contributed by atoms with van der Waals surface area (Å²) >= 11 is 0. The second-order valence-corrected chi connectivity index (χ2v) is 9.61. The van der Waals surface area contributed by atoms with Crippen LogP contribution in [0, 0.1) is 0 Å². The van der Waals surface area contributed by atoms with Crippen LogP contribution in [-0.4, -0.2) is 27.0 Å². The molecule has 0 unspecified atom stereocenters. The summed E-state index contributed by atoms with van der Waals surface area (Å²) in [5.74, 6) is 0.302. The zero-order valence-corrected chi connectivity index (χ0v) is 18.5. The average molecular weight is 419 g/mol. The minimum absolute atomic E-state index is 0.0975. The van der Waals surface area contributed by atoms with Crippen LogP contribution in [0.4, 0.5) is 5.69 Å². The Hall–Kier alpha value is -2.38. The number of ether oxygens (including phenoxy) is 1. The number of rotatable bonds is 9. The minimum Gasteiger partial charge on any atom is -0.484 e. The first kappa shape index (κ1) is 22.9. The molecule has 2 aromatic rings. The third-order valence-electron chi connectivity index (χ3n) is 4.73. The Morgan fingerprint density at radius 2 is 1.62 bits per heavy atom. The van der Waals surface area contributed by atoms with Gasteiger partial charge < -0.3 is 10.1 Å². The summed E-state index contributed by atoms with van der Waals surface area (Å²) in [6.07, 6.45) is 1.03. The summed E-state index contributed by atoms with van der Waals surface area (Å²) in [6.45, 7) is 9.90. The third kappa shape index (κ3) is 6.58. The largest absolute Gasteiger partial charge is 0.484 e. The smallest absolute Gasteiger partial charge is 0.262 e. The topological polar surface area (TPSA) is 84.5 Å². The van der Waals surface area contributed by atoms with E-state index in [1.807, 2.05) is 24.3 Å². The maximum Gasteiger partial charge on any atom is 0.262 e. The first-order chi connectivity index (χ1) is 13.5. The van der Waals surface area contributed by atoms with Crippen LogP contribution in [0.3, 0.4) is 0 Å². The molecular formula is C22H30N2O4S. The van der Waals surface area contributed by atoms with Crippen molar-refractivity contribution in [1.82, 2.24) is 4.72 Å². The molecule has 0 aliphatic rings. The molecule has 0 spiro atoms. The van der Waals surface area contributed by atoms with Crippen LogP contribution in [0.5, 0.6) is 5.75 Å². The number of benzene rings is 2. The molecule has 0 atom stereocenters. The second-order valence-electron chi connectivity index (χ2n) is 7.90. The Kier molecular flexibility index (Phi) is 7.43. The standard InChI is InChI=1S/C22H30N2O4S/c1-6-22(4,5)17-7-11-19(12-8-17)28-15-21(25)23-18-9-13-20(14-10-18)29(26,27)24-16(2)3/h7-14,16,24H,6,15H2,1-5H3,(H,23,25). The van der Waals surface area contributed by atoms with E-state index in [0.717, 1.165) is 6.42 Å². The molecule has 2 N–H and O–H groups in total. The maximum atomic E-state index is 12.1. The number of hydrogen-bond donors (Lipinski definition) is 2. The van der Waals surface area contributed by atoms with Gasteiger partial charge in [0, 0.05) is 11.7 Å². The summed E-state index contributed by atoms with van der Waals surface area (Å²) in [7, 11) is -3.55. The predicted octanol–water partition coefficient (Wildman–Crippen LogP) is 4.08. The zero-order valence-electron chi connectivity index (χ0n) is 17.7. The van der Waals surface area contributed by atoms with Crippen molar-refractivity contribution >= 4 is 21.6 Å². The molecule has 29 heavy (non-hydrogen) atoms. The van der Waals surface area contributed by atoms with E-state index in [-0.39, 0.29) is 28.9 Å².